The van der Waals surface area contributed by atoms with E-state index >= 15 is 0 Å². The first-order valence-electron chi connectivity index (χ1n) is 4.80. The van der Waals surface area contributed by atoms with E-state index in [-0.39, 0.29) is 18.5 Å². The molecule has 0 saturated heterocycles. The van der Waals surface area contributed by atoms with Crippen LogP contribution in [-0.2, 0) is 20.7 Å². The summed E-state index contributed by atoms with van der Waals surface area (Å²) in [6.45, 7) is 4.12. The van der Waals surface area contributed by atoms with Crippen LogP contribution < -0.4 is 0 Å². The molecule has 0 aliphatic rings. The van der Waals surface area contributed by atoms with Gasteiger partial charge in [0.1, 0.15) is 11.1 Å². The third kappa shape index (κ3) is 3.60. The van der Waals surface area contributed by atoms with Crippen molar-refractivity contribution in [2.24, 2.45) is 0 Å². The maximum absolute atomic E-state index is 11.2. The Kier molecular flexibility index (Phi) is 4.71. The van der Waals surface area contributed by atoms with Crippen LogP contribution in [-0.4, -0.2) is 24.7 Å². The quantitative estimate of drug-likeness (QED) is 0.724. The van der Waals surface area contributed by atoms with E-state index in [1.165, 1.54) is 11.3 Å². The molecule has 1 heterocycles. The first-order valence-corrected chi connectivity index (χ1v) is 5.68. The Morgan fingerprint density at radius 1 is 1.67 bits per heavy atom. The highest BCUT2D eigenvalue weighted by molar-refractivity contribution is 7.09. The third-order valence-electron chi connectivity index (χ3n) is 1.90. The molecule has 1 aromatic heterocycles. The lowest BCUT2D eigenvalue weighted by Gasteiger charge is -2.03. The predicted molar refractivity (Wildman–Crippen MR) is 57.9 cm³/mol. The van der Waals surface area contributed by atoms with Crippen molar-refractivity contribution in [2.45, 2.75) is 26.4 Å². The van der Waals surface area contributed by atoms with Gasteiger partial charge in [-0.25, -0.2) is 4.98 Å². The van der Waals surface area contributed by atoms with Crippen LogP contribution in [0.15, 0.2) is 5.38 Å². The Labute approximate surface area is 93.2 Å². The molecule has 5 heteroatoms. The van der Waals surface area contributed by atoms with E-state index in [4.69, 9.17) is 9.47 Å². The molecule has 0 aliphatic carbocycles. The summed E-state index contributed by atoms with van der Waals surface area (Å²) in [6.07, 6.45) is 0.215. The van der Waals surface area contributed by atoms with E-state index in [0.29, 0.717) is 6.61 Å². The highest BCUT2D eigenvalue weighted by atomic mass is 32.1. The first kappa shape index (κ1) is 12.1. The molecule has 0 aromatic carbocycles. The third-order valence-corrected chi connectivity index (χ3v) is 2.96. The summed E-state index contributed by atoms with van der Waals surface area (Å²) in [5.74, 6) is -0.237. The van der Waals surface area contributed by atoms with Gasteiger partial charge in [-0.15, -0.1) is 11.3 Å². The molecule has 4 nitrogen and oxygen atoms in total. The summed E-state index contributed by atoms with van der Waals surface area (Å²) < 4.78 is 9.97. The second-order valence-corrected chi connectivity index (χ2v) is 3.93. The van der Waals surface area contributed by atoms with Gasteiger partial charge in [-0.05, 0) is 13.8 Å². The van der Waals surface area contributed by atoms with Gasteiger partial charge in [0.2, 0.25) is 0 Å². The molecule has 1 unspecified atom stereocenters. The topological polar surface area (TPSA) is 48.4 Å². The van der Waals surface area contributed by atoms with Crippen molar-refractivity contribution < 1.29 is 14.3 Å². The molecule has 15 heavy (non-hydrogen) atoms. The van der Waals surface area contributed by atoms with Gasteiger partial charge in [0, 0.05) is 12.5 Å². The Morgan fingerprint density at radius 3 is 3.00 bits per heavy atom. The van der Waals surface area contributed by atoms with Crippen LogP contribution in [0.25, 0.3) is 0 Å². The number of carbonyl (C=O) groups excluding carboxylic acids is 1. The maximum atomic E-state index is 11.2. The Hall–Kier alpha value is -0.940. The molecule has 1 aromatic rings. The number of methoxy groups -OCH3 is 1. The number of rotatable bonds is 5. The van der Waals surface area contributed by atoms with Crippen molar-refractivity contribution in [1.29, 1.82) is 0 Å². The van der Waals surface area contributed by atoms with Gasteiger partial charge in [0.15, 0.2) is 0 Å². The number of aromatic nitrogens is 1. The molecule has 1 rings (SSSR count). The molecule has 84 valence electrons. The van der Waals surface area contributed by atoms with E-state index in [9.17, 15) is 4.79 Å². The van der Waals surface area contributed by atoms with Gasteiger partial charge in [0.25, 0.3) is 0 Å². The lowest BCUT2D eigenvalue weighted by molar-refractivity contribution is -0.142. The number of ether oxygens (including phenoxy) is 2. The van der Waals surface area contributed by atoms with Crippen LogP contribution in [0.1, 0.15) is 30.7 Å². The highest BCUT2D eigenvalue weighted by Crippen LogP contribution is 2.20. The average molecular weight is 229 g/mol. The van der Waals surface area contributed by atoms with Gasteiger partial charge in [0.05, 0.1) is 18.7 Å². The summed E-state index contributed by atoms with van der Waals surface area (Å²) in [6, 6.07) is 0. The second kappa shape index (κ2) is 5.82. The van der Waals surface area contributed by atoms with Crippen molar-refractivity contribution in [3.63, 3.8) is 0 Å². The number of hydrogen-bond donors (Lipinski definition) is 0. The zero-order valence-electron chi connectivity index (χ0n) is 9.15. The number of carbonyl (C=O) groups is 1. The zero-order chi connectivity index (χ0) is 11.3. The zero-order valence-corrected chi connectivity index (χ0v) is 9.97. The SMILES string of the molecule is CCOC(=O)Cc1csc(C(C)OC)n1. The summed E-state index contributed by atoms with van der Waals surface area (Å²) in [7, 11) is 1.64. The Morgan fingerprint density at radius 2 is 2.40 bits per heavy atom. The van der Waals surface area contributed by atoms with Crippen LogP contribution in [0, 0.1) is 0 Å². The van der Waals surface area contributed by atoms with Gasteiger partial charge in [-0.1, -0.05) is 0 Å². The fourth-order valence-corrected chi connectivity index (χ4v) is 1.90. The van der Waals surface area contributed by atoms with E-state index < -0.39 is 0 Å². The molecular weight excluding hydrogens is 214 g/mol. The van der Waals surface area contributed by atoms with Crippen molar-refractivity contribution in [1.82, 2.24) is 4.98 Å². The average Bonchev–Trinajstić information content (AvgIpc) is 2.65. The van der Waals surface area contributed by atoms with Crippen molar-refractivity contribution in [2.75, 3.05) is 13.7 Å². The largest absolute Gasteiger partial charge is 0.466 e. The van der Waals surface area contributed by atoms with Gasteiger partial charge < -0.3 is 9.47 Å². The summed E-state index contributed by atoms with van der Waals surface area (Å²) >= 11 is 1.50. The minimum Gasteiger partial charge on any atom is -0.466 e. The van der Waals surface area contributed by atoms with E-state index in [0.717, 1.165) is 10.7 Å². The highest BCUT2D eigenvalue weighted by Gasteiger charge is 2.12. The normalized spacial score (nSPS) is 12.5. The van der Waals surface area contributed by atoms with Gasteiger partial charge in [-0.2, -0.15) is 0 Å². The fourth-order valence-electron chi connectivity index (χ4n) is 1.05. The number of hydrogen-bond acceptors (Lipinski definition) is 5. The summed E-state index contributed by atoms with van der Waals surface area (Å²) in [5.41, 5.74) is 0.748. The molecule has 0 fully saturated rings. The number of thiazole rings is 1. The molecular formula is C10H15NO3S. The number of esters is 1. The molecule has 0 bridgehead atoms. The van der Waals surface area contributed by atoms with Crippen LogP contribution in [0.4, 0.5) is 0 Å². The molecule has 0 radical (unpaired) electrons. The van der Waals surface area contributed by atoms with Gasteiger partial charge >= 0.3 is 5.97 Å². The van der Waals surface area contributed by atoms with Crippen LogP contribution >= 0.6 is 11.3 Å². The summed E-state index contributed by atoms with van der Waals surface area (Å²) in [5, 5.41) is 2.75. The van der Waals surface area contributed by atoms with E-state index in [1.54, 1.807) is 14.0 Å². The van der Waals surface area contributed by atoms with Crippen LogP contribution in [0.3, 0.4) is 0 Å². The molecule has 0 saturated carbocycles. The van der Waals surface area contributed by atoms with Crippen molar-refractivity contribution in [3.05, 3.63) is 16.1 Å². The smallest absolute Gasteiger partial charge is 0.311 e. The standard InChI is InChI=1S/C10H15NO3S/c1-4-14-9(12)5-8-6-15-10(11-8)7(2)13-3/h6-7H,4-5H2,1-3H3. The first-order chi connectivity index (χ1) is 7.17. The molecule has 0 aliphatic heterocycles. The molecule has 1 atom stereocenters. The lowest BCUT2D eigenvalue weighted by atomic mass is 10.3. The monoisotopic (exact) mass is 229 g/mol. The fraction of sp³-hybridized carbons (Fsp3) is 0.600. The predicted octanol–water partition coefficient (Wildman–Crippen LogP) is 1.96. The lowest BCUT2D eigenvalue weighted by Crippen LogP contribution is -2.08. The maximum Gasteiger partial charge on any atom is 0.311 e. The molecule has 0 N–H and O–H groups in total. The number of nitrogens with zero attached hydrogens (tertiary/aromatic N) is 1. The summed E-state index contributed by atoms with van der Waals surface area (Å²) in [4.78, 5) is 15.5. The van der Waals surface area contributed by atoms with Crippen molar-refractivity contribution >= 4 is 17.3 Å². The van der Waals surface area contributed by atoms with E-state index in [1.807, 2.05) is 12.3 Å². The minimum absolute atomic E-state index is 0.0223. The van der Waals surface area contributed by atoms with Crippen LogP contribution in [0.5, 0.6) is 0 Å². The molecule has 0 spiro atoms. The molecule has 0 amide bonds. The Balaban J connectivity index is 2.56. The second-order valence-electron chi connectivity index (χ2n) is 3.04. The minimum atomic E-state index is -0.237. The Bertz CT molecular complexity index is 324. The van der Waals surface area contributed by atoms with Crippen molar-refractivity contribution in [3.8, 4) is 0 Å². The van der Waals surface area contributed by atoms with E-state index in [2.05, 4.69) is 4.98 Å². The van der Waals surface area contributed by atoms with Crippen LogP contribution in [0.2, 0.25) is 0 Å². The van der Waals surface area contributed by atoms with Gasteiger partial charge in [-0.3, -0.25) is 4.79 Å².